The molecule has 0 aromatic heterocycles. The average molecular weight is 288 g/mol. The van der Waals surface area contributed by atoms with Crippen molar-refractivity contribution in [1.82, 2.24) is 10.6 Å². The summed E-state index contributed by atoms with van der Waals surface area (Å²) in [5.41, 5.74) is 1.69. The van der Waals surface area contributed by atoms with Crippen molar-refractivity contribution in [2.45, 2.75) is 13.1 Å². The number of carbonyl (C=O) groups excluding carboxylic acids is 1. The van der Waals surface area contributed by atoms with Crippen LogP contribution in [-0.4, -0.2) is 13.1 Å². The fourth-order valence-electron chi connectivity index (χ4n) is 1.82. The Kier molecular flexibility index (Phi) is 5.15. The molecule has 0 fully saturated rings. The number of methoxy groups -OCH3 is 1. The second kappa shape index (κ2) is 7.28. The molecular formula is C16H17FN2O2. The zero-order valence-corrected chi connectivity index (χ0v) is 11.7. The van der Waals surface area contributed by atoms with E-state index in [4.69, 9.17) is 4.74 Å². The molecule has 2 N–H and O–H groups in total. The van der Waals surface area contributed by atoms with Crippen LogP contribution >= 0.6 is 0 Å². The molecule has 0 saturated carbocycles. The van der Waals surface area contributed by atoms with Crippen LogP contribution in [0.4, 0.5) is 9.18 Å². The van der Waals surface area contributed by atoms with E-state index in [-0.39, 0.29) is 18.4 Å². The third-order valence-corrected chi connectivity index (χ3v) is 2.95. The maximum atomic E-state index is 13.0. The van der Waals surface area contributed by atoms with Crippen LogP contribution in [0, 0.1) is 5.82 Å². The van der Waals surface area contributed by atoms with E-state index in [0.29, 0.717) is 6.54 Å². The van der Waals surface area contributed by atoms with Crippen molar-refractivity contribution in [3.8, 4) is 5.75 Å². The summed E-state index contributed by atoms with van der Waals surface area (Å²) in [6.45, 7) is 0.700. The smallest absolute Gasteiger partial charge is 0.315 e. The summed E-state index contributed by atoms with van der Waals surface area (Å²) in [5, 5.41) is 5.41. The van der Waals surface area contributed by atoms with Crippen LogP contribution in [0.3, 0.4) is 0 Å². The van der Waals surface area contributed by atoms with Gasteiger partial charge in [0.2, 0.25) is 0 Å². The van der Waals surface area contributed by atoms with Gasteiger partial charge < -0.3 is 15.4 Å². The van der Waals surface area contributed by atoms with Gasteiger partial charge in [-0.3, -0.25) is 0 Å². The van der Waals surface area contributed by atoms with Gasteiger partial charge >= 0.3 is 6.03 Å². The number of nitrogens with one attached hydrogen (secondary N) is 2. The Labute approximate surface area is 122 Å². The van der Waals surface area contributed by atoms with Crippen molar-refractivity contribution in [1.29, 1.82) is 0 Å². The van der Waals surface area contributed by atoms with Crippen LogP contribution < -0.4 is 15.4 Å². The Balaban J connectivity index is 1.76. The van der Waals surface area contributed by atoms with E-state index in [1.54, 1.807) is 19.2 Å². The summed E-state index contributed by atoms with van der Waals surface area (Å²) in [6, 6.07) is 13.3. The van der Waals surface area contributed by atoms with E-state index in [2.05, 4.69) is 10.6 Å². The first-order chi connectivity index (χ1) is 10.2. The highest BCUT2D eigenvalue weighted by atomic mass is 19.1. The topological polar surface area (TPSA) is 50.4 Å². The molecule has 2 aromatic carbocycles. The van der Waals surface area contributed by atoms with Gasteiger partial charge in [-0.2, -0.15) is 0 Å². The van der Waals surface area contributed by atoms with E-state index >= 15 is 0 Å². The van der Waals surface area contributed by atoms with Crippen LogP contribution in [0.15, 0.2) is 48.5 Å². The number of carbonyl (C=O) groups is 1. The fourth-order valence-corrected chi connectivity index (χ4v) is 1.82. The molecule has 4 nitrogen and oxygen atoms in total. The summed E-state index contributed by atoms with van der Waals surface area (Å²) in [4.78, 5) is 11.7. The van der Waals surface area contributed by atoms with Crippen LogP contribution in [0.1, 0.15) is 11.1 Å². The predicted octanol–water partition coefficient (Wildman–Crippen LogP) is 2.83. The number of halogens is 1. The average Bonchev–Trinajstić information content (AvgIpc) is 2.51. The maximum absolute atomic E-state index is 13.0. The van der Waals surface area contributed by atoms with Crippen LogP contribution in [-0.2, 0) is 13.1 Å². The largest absolute Gasteiger partial charge is 0.497 e. The van der Waals surface area contributed by atoms with Crippen LogP contribution in [0.25, 0.3) is 0 Å². The Morgan fingerprint density at radius 3 is 2.33 bits per heavy atom. The van der Waals surface area contributed by atoms with Gasteiger partial charge in [-0.1, -0.05) is 24.3 Å². The number of hydrogen-bond acceptors (Lipinski definition) is 2. The van der Waals surface area contributed by atoms with Gasteiger partial charge in [0.25, 0.3) is 0 Å². The molecule has 21 heavy (non-hydrogen) atoms. The molecule has 0 aliphatic carbocycles. The number of rotatable bonds is 5. The van der Waals surface area contributed by atoms with Crippen molar-refractivity contribution < 1.29 is 13.9 Å². The third-order valence-electron chi connectivity index (χ3n) is 2.95. The van der Waals surface area contributed by atoms with Gasteiger partial charge in [0.1, 0.15) is 11.6 Å². The molecule has 2 amide bonds. The zero-order valence-electron chi connectivity index (χ0n) is 11.7. The molecule has 5 heteroatoms. The minimum atomic E-state index is -0.312. The van der Waals surface area contributed by atoms with E-state index in [1.165, 1.54) is 12.1 Å². The molecule has 0 bridgehead atoms. The highest BCUT2D eigenvalue weighted by Gasteiger charge is 2.02. The molecule has 0 unspecified atom stereocenters. The summed E-state index contributed by atoms with van der Waals surface area (Å²) >= 11 is 0. The lowest BCUT2D eigenvalue weighted by Gasteiger charge is -2.08. The van der Waals surface area contributed by atoms with Crippen LogP contribution in [0.5, 0.6) is 5.75 Å². The van der Waals surface area contributed by atoms with Gasteiger partial charge in [-0.25, -0.2) is 9.18 Å². The molecule has 0 radical (unpaired) electrons. The molecular weight excluding hydrogens is 271 g/mol. The van der Waals surface area contributed by atoms with Crippen LogP contribution in [0.2, 0.25) is 0 Å². The SMILES string of the molecule is COc1ccc(CNC(=O)NCc2cccc(F)c2)cc1. The summed E-state index contributed by atoms with van der Waals surface area (Å²) in [6.07, 6.45) is 0. The molecule has 0 atom stereocenters. The maximum Gasteiger partial charge on any atom is 0.315 e. The highest BCUT2D eigenvalue weighted by Crippen LogP contribution is 2.10. The van der Waals surface area contributed by atoms with Gasteiger partial charge in [-0.05, 0) is 35.4 Å². The summed E-state index contributed by atoms with van der Waals surface area (Å²) in [7, 11) is 1.60. The fraction of sp³-hybridized carbons (Fsp3) is 0.188. The van der Waals surface area contributed by atoms with Crippen molar-refractivity contribution in [3.05, 3.63) is 65.5 Å². The second-order valence-electron chi connectivity index (χ2n) is 4.51. The molecule has 2 rings (SSSR count). The van der Waals surface area contributed by atoms with Gasteiger partial charge in [0, 0.05) is 13.1 Å². The summed E-state index contributed by atoms with van der Waals surface area (Å²) in [5.74, 6) is 0.460. The third kappa shape index (κ3) is 4.80. The first kappa shape index (κ1) is 14.8. The Morgan fingerprint density at radius 2 is 1.71 bits per heavy atom. The quantitative estimate of drug-likeness (QED) is 0.889. The number of hydrogen-bond donors (Lipinski definition) is 2. The minimum Gasteiger partial charge on any atom is -0.497 e. The Hall–Kier alpha value is -2.56. The predicted molar refractivity (Wildman–Crippen MR) is 78.5 cm³/mol. The lowest BCUT2D eigenvalue weighted by molar-refractivity contribution is 0.240. The Morgan fingerprint density at radius 1 is 1.05 bits per heavy atom. The normalized spacial score (nSPS) is 10.0. The molecule has 0 heterocycles. The van der Waals surface area contributed by atoms with Crippen molar-refractivity contribution in [3.63, 3.8) is 0 Å². The summed E-state index contributed by atoms with van der Waals surface area (Å²) < 4.78 is 18.0. The molecule has 2 aromatic rings. The molecule has 0 aliphatic heterocycles. The van der Waals surface area contributed by atoms with Crippen molar-refractivity contribution in [2.24, 2.45) is 0 Å². The lowest BCUT2D eigenvalue weighted by atomic mass is 10.2. The molecule has 0 aliphatic rings. The lowest BCUT2D eigenvalue weighted by Crippen LogP contribution is -2.34. The van der Waals surface area contributed by atoms with E-state index in [9.17, 15) is 9.18 Å². The minimum absolute atomic E-state index is 0.284. The highest BCUT2D eigenvalue weighted by molar-refractivity contribution is 5.73. The van der Waals surface area contributed by atoms with Gasteiger partial charge in [-0.15, -0.1) is 0 Å². The van der Waals surface area contributed by atoms with Crippen molar-refractivity contribution in [2.75, 3.05) is 7.11 Å². The van der Waals surface area contributed by atoms with E-state index in [0.717, 1.165) is 16.9 Å². The standard InChI is InChI=1S/C16H17FN2O2/c1-21-15-7-5-12(6-8-15)10-18-16(20)19-11-13-3-2-4-14(17)9-13/h2-9H,10-11H2,1H3,(H2,18,19,20). The first-order valence-corrected chi connectivity index (χ1v) is 6.56. The number of amides is 2. The molecule has 0 spiro atoms. The molecule has 110 valence electrons. The number of ether oxygens (including phenoxy) is 1. The molecule has 0 saturated heterocycles. The van der Waals surface area contributed by atoms with Gasteiger partial charge in [0.05, 0.1) is 7.11 Å². The number of benzene rings is 2. The zero-order chi connectivity index (χ0) is 15.1. The van der Waals surface area contributed by atoms with E-state index < -0.39 is 0 Å². The monoisotopic (exact) mass is 288 g/mol. The second-order valence-corrected chi connectivity index (χ2v) is 4.51. The van der Waals surface area contributed by atoms with E-state index in [1.807, 2.05) is 24.3 Å². The number of urea groups is 1. The Bertz CT molecular complexity index is 599. The first-order valence-electron chi connectivity index (χ1n) is 6.56. The van der Waals surface area contributed by atoms with Crippen molar-refractivity contribution >= 4 is 6.03 Å². The van der Waals surface area contributed by atoms with Gasteiger partial charge in [0.15, 0.2) is 0 Å².